The Morgan fingerprint density at radius 3 is 3.27 bits per heavy atom. The summed E-state index contributed by atoms with van der Waals surface area (Å²) in [6.45, 7) is 4.39. The highest BCUT2D eigenvalue weighted by Gasteiger charge is 2.15. The Kier molecular flexibility index (Phi) is 4.65. The fourth-order valence-electron chi connectivity index (χ4n) is 2.66. The van der Waals surface area contributed by atoms with E-state index in [9.17, 15) is 4.79 Å². The van der Waals surface area contributed by atoms with Crippen LogP contribution in [-0.2, 0) is 24.3 Å². The highest BCUT2D eigenvalue weighted by Crippen LogP contribution is 2.20. The summed E-state index contributed by atoms with van der Waals surface area (Å²) in [5.41, 5.74) is 4.75. The van der Waals surface area contributed by atoms with Gasteiger partial charge in [0.05, 0.1) is 0 Å². The van der Waals surface area contributed by atoms with Crippen molar-refractivity contribution in [1.82, 2.24) is 15.6 Å². The maximum Gasteiger partial charge on any atom is 0.244 e. The molecule has 0 aromatic carbocycles. The number of nitrogens with one attached hydrogen (secondary N) is 2. The summed E-state index contributed by atoms with van der Waals surface area (Å²) in [6, 6.07) is 3.96. The molecule has 3 heterocycles. The van der Waals surface area contributed by atoms with Crippen molar-refractivity contribution >= 4 is 23.3 Å². The molecular formula is C17H19N3OS. The molecule has 2 N–H and O–H groups in total. The standard InChI is InChI=1S/C17H19N3OS/c1-12-16(15-6-7-18-9-13(15)10-19-12)11-20-17(21)5-4-14-3-2-8-22-14/h2-5,8,10,18H,6-7,9,11H2,1H3,(H,20,21)/b5-4+. The lowest BCUT2D eigenvalue weighted by Crippen LogP contribution is -2.28. The fourth-order valence-corrected chi connectivity index (χ4v) is 3.27. The molecule has 1 aliphatic rings. The number of nitrogens with zero attached hydrogens (tertiary/aromatic N) is 1. The van der Waals surface area contributed by atoms with E-state index in [1.165, 1.54) is 11.1 Å². The first-order chi connectivity index (χ1) is 10.7. The second kappa shape index (κ2) is 6.85. The van der Waals surface area contributed by atoms with Crippen molar-refractivity contribution in [1.29, 1.82) is 0 Å². The molecule has 0 bridgehead atoms. The molecule has 2 aromatic rings. The first kappa shape index (κ1) is 14.9. The van der Waals surface area contributed by atoms with Crippen LogP contribution in [0.3, 0.4) is 0 Å². The lowest BCUT2D eigenvalue weighted by Gasteiger charge is -2.21. The molecule has 1 amide bonds. The van der Waals surface area contributed by atoms with E-state index in [4.69, 9.17) is 0 Å². The summed E-state index contributed by atoms with van der Waals surface area (Å²) in [7, 11) is 0. The number of amides is 1. The van der Waals surface area contributed by atoms with E-state index in [1.54, 1.807) is 17.4 Å². The first-order valence-electron chi connectivity index (χ1n) is 7.40. The molecule has 0 aliphatic carbocycles. The van der Waals surface area contributed by atoms with Crippen LogP contribution < -0.4 is 10.6 Å². The average Bonchev–Trinajstić information content (AvgIpc) is 3.05. The van der Waals surface area contributed by atoms with Crippen molar-refractivity contribution in [3.8, 4) is 0 Å². The number of pyridine rings is 1. The van der Waals surface area contributed by atoms with Crippen molar-refractivity contribution in [2.75, 3.05) is 6.54 Å². The quantitative estimate of drug-likeness (QED) is 0.853. The number of rotatable bonds is 4. The van der Waals surface area contributed by atoms with Gasteiger partial charge in [0, 0.05) is 35.9 Å². The van der Waals surface area contributed by atoms with Crippen LogP contribution in [0.1, 0.15) is 27.3 Å². The number of carbonyl (C=O) groups is 1. The average molecular weight is 313 g/mol. The SMILES string of the molecule is Cc1ncc2c(c1CNC(=O)/C=C/c1cccs1)CCNC2. The van der Waals surface area contributed by atoms with E-state index < -0.39 is 0 Å². The van der Waals surface area contributed by atoms with E-state index in [0.717, 1.165) is 35.6 Å². The van der Waals surface area contributed by atoms with Gasteiger partial charge in [-0.1, -0.05) is 6.07 Å². The number of hydrogen-bond acceptors (Lipinski definition) is 4. The Bertz CT molecular complexity index is 692. The van der Waals surface area contributed by atoms with E-state index in [0.29, 0.717) is 6.54 Å². The van der Waals surface area contributed by atoms with Gasteiger partial charge in [-0.05, 0) is 54.1 Å². The van der Waals surface area contributed by atoms with Crippen LogP contribution in [-0.4, -0.2) is 17.4 Å². The molecule has 22 heavy (non-hydrogen) atoms. The maximum absolute atomic E-state index is 12.0. The van der Waals surface area contributed by atoms with E-state index >= 15 is 0 Å². The highest BCUT2D eigenvalue weighted by molar-refractivity contribution is 7.10. The minimum Gasteiger partial charge on any atom is -0.348 e. The molecule has 0 fully saturated rings. The number of aryl methyl sites for hydroxylation is 1. The molecule has 5 heteroatoms. The largest absolute Gasteiger partial charge is 0.348 e. The van der Waals surface area contributed by atoms with Crippen LogP contribution in [0.15, 0.2) is 29.8 Å². The molecule has 0 radical (unpaired) electrons. The third-order valence-corrected chi connectivity index (χ3v) is 4.69. The first-order valence-corrected chi connectivity index (χ1v) is 8.28. The number of hydrogen-bond donors (Lipinski definition) is 2. The highest BCUT2D eigenvalue weighted by atomic mass is 32.1. The maximum atomic E-state index is 12.0. The van der Waals surface area contributed by atoms with Crippen LogP contribution in [0.5, 0.6) is 0 Å². The zero-order chi connectivity index (χ0) is 15.4. The summed E-state index contributed by atoms with van der Waals surface area (Å²) < 4.78 is 0. The third kappa shape index (κ3) is 3.43. The van der Waals surface area contributed by atoms with Crippen LogP contribution in [0.2, 0.25) is 0 Å². The van der Waals surface area contributed by atoms with Crippen molar-refractivity contribution in [2.45, 2.75) is 26.4 Å². The molecule has 1 aliphatic heterocycles. The third-order valence-electron chi connectivity index (χ3n) is 3.85. The van der Waals surface area contributed by atoms with Crippen LogP contribution in [0.4, 0.5) is 0 Å². The van der Waals surface area contributed by atoms with Crippen molar-refractivity contribution < 1.29 is 4.79 Å². The smallest absolute Gasteiger partial charge is 0.244 e. The van der Waals surface area contributed by atoms with Gasteiger partial charge in [-0.2, -0.15) is 0 Å². The van der Waals surface area contributed by atoms with Gasteiger partial charge in [-0.3, -0.25) is 9.78 Å². The zero-order valence-corrected chi connectivity index (χ0v) is 13.4. The Balaban J connectivity index is 1.67. The number of fused-ring (bicyclic) bond motifs is 1. The topological polar surface area (TPSA) is 54.0 Å². The van der Waals surface area contributed by atoms with Crippen LogP contribution in [0, 0.1) is 6.92 Å². The molecular weight excluding hydrogens is 294 g/mol. The zero-order valence-electron chi connectivity index (χ0n) is 12.6. The molecule has 0 spiro atoms. The Morgan fingerprint density at radius 1 is 1.55 bits per heavy atom. The Labute approximate surface area is 134 Å². The lowest BCUT2D eigenvalue weighted by atomic mass is 9.96. The van der Waals surface area contributed by atoms with Crippen molar-refractivity contribution in [2.24, 2.45) is 0 Å². The molecule has 0 unspecified atom stereocenters. The van der Waals surface area contributed by atoms with Gasteiger partial charge in [0.25, 0.3) is 0 Å². The van der Waals surface area contributed by atoms with E-state index in [2.05, 4.69) is 15.6 Å². The van der Waals surface area contributed by atoms with E-state index in [-0.39, 0.29) is 5.91 Å². The number of carbonyl (C=O) groups excluding carboxylic acids is 1. The Hall–Kier alpha value is -1.98. The van der Waals surface area contributed by atoms with Gasteiger partial charge in [-0.25, -0.2) is 0 Å². The normalized spacial score (nSPS) is 14.0. The minimum absolute atomic E-state index is 0.0701. The van der Waals surface area contributed by atoms with Crippen LogP contribution in [0.25, 0.3) is 6.08 Å². The van der Waals surface area contributed by atoms with E-state index in [1.807, 2.05) is 36.7 Å². The molecule has 0 saturated carbocycles. The number of aromatic nitrogens is 1. The minimum atomic E-state index is -0.0701. The molecule has 3 rings (SSSR count). The molecule has 0 saturated heterocycles. The summed E-state index contributed by atoms with van der Waals surface area (Å²) in [6.07, 6.45) is 6.37. The van der Waals surface area contributed by atoms with Gasteiger partial charge in [0.15, 0.2) is 0 Å². The van der Waals surface area contributed by atoms with Gasteiger partial charge >= 0.3 is 0 Å². The van der Waals surface area contributed by atoms with Crippen molar-refractivity contribution in [3.05, 3.63) is 57.0 Å². The summed E-state index contributed by atoms with van der Waals surface area (Å²) >= 11 is 1.62. The van der Waals surface area contributed by atoms with Crippen molar-refractivity contribution in [3.63, 3.8) is 0 Å². The van der Waals surface area contributed by atoms with Gasteiger partial charge in [-0.15, -0.1) is 11.3 Å². The molecule has 0 atom stereocenters. The predicted molar refractivity (Wildman–Crippen MR) is 89.6 cm³/mol. The second-order valence-corrected chi connectivity index (χ2v) is 6.30. The van der Waals surface area contributed by atoms with Gasteiger partial charge in [0.2, 0.25) is 5.91 Å². The molecule has 2 aromatic heterocycles. The number of thiophene rings is 1. The van der Waals surface area contributed by atoms with Gasteiger partial charge in [0.1, 0.15) is 0 Å². The molecule has 4 nitrogen and oxygen atoms in total. The summed E-state index contributed by atoms with van der Waals surface area (Å²) in [5.74, 6) is -0.0701. The molecule has 114 valence electrons. The lowest BCUT2D eigenvalue weighted by molar-refractivity contribution is -0.116. The predicted octanol–water partition coefficient (Wildman–Crippen LogP) is 2.43. The van der Waals surface area contributed by atoms with Gasteiger partial charge < -0.3 is 10.6 Å². The summed E-state index contributed by atoms with van der Waals surface area (Å²) in [5, 5.41) is 8.32. The monoisotopic (exact) mass is 313 g/mol. The summed E-state index contributed by atoms with van der Waals surface area (Å²) in [4.78, 5) is 17.5. The van der Waals surface area contributed by atoms with Crippen LogP contribution >= 0.6 is 11.3 Å². The Morgan fingerprint density at radius 2 is 2.45 bits per heavy atom. The second-order valence-electron chi connectivity index (χ2n) is 5.32. The fraction of sp³-hybridized carbons (Fsp3) is 0.294.